The van der Waals surface area contributed by atoms with Crippen molar-refractivity contribution in [1.29, 1.82) is 0 Å². The van der Waals surface area contributed by atoms with Gasteiger partial charge in [0.1, 0.15) is 0 Å². The fourth-order valence-corrected chi connectivity index (χ4v) is 2.12. The molecule has 0 aliphatic rings. The van der Waals surface area contributed by atoms with Crippen LogP contribution >= 0.6 is 23.2 Å². The number of benzene rings is 2. The molecule has 2 N–H and O–H groups in total. The minimum absolute atomic E-state index is 0.486. The van der Waals surface area contributed by atoms with Gasteiger partial charge in [0.05, 0.1) is 10.0 Å². The van der Waals surface area contributed by atoms with E-state index >= 15 is 0 Å². The van der Waals surface area contributed by atoms with Crippen molar-refractivity contribution in [2.75, 3.05) is 5.73 Å². The van der Waals surface area contributed by atoms with E-state index in [1.807, 2.05) is 37.3 Å². The zero-order valence-electron chi connectivity index (χ0n) is 8.80. The van der Waals surface area contributed by atoms with Crippen molar-refractivity contribution < 1.29 is 0 Å². The van der Waals surface area contributed by atoms with Crippen molar-refractivity contribution in [3.05, 3.63) is 52.0 Å². The van der Waals surface area contributed by atoms with Crippen LogP contribution in [0.25, 0.3) is 11.1 Å². The van der Waals surface area contributed by atoms with Gasteiger partial charge in [0.25, 0.3) is 0 Å². The number of aryl methyl sites for hydroxylation is 1. The maximum absolute atomic E-state index is 6.18. The Labute approximate surface area is 105 Å². The van der Waals surface area contributed by atoms with Gasteiger partial charge in [-0.3, -0.25) is 0 Å². The van der Waals surface area contributed by atoms with E-state index in [1.54, 1.807) is 6.07 Å². The van der Waals surface area contributed by atoms with Crippen molar-refractivity contribution in [2.45, 2.75) is 6.92 Å². The first-order chi connectivity index (χ1) is 7.59. The Morgan fingerprint density at radius 3 is 2.38 bits per heavy atom. The minimum atomic E-state index is 0.486. The number of nitrogen functional groups attached to an aromatic ring is 1. The molecule has 2 aromatic rings. The fourth-order valence-electron chi connectivity index (χ4n) is 1.68. The van der Waals surface area contributed by atoms with Crippen LogP contribution in [0, 0.1) is 6.92 Å². The Morgan fingerprint density at radius 1 is 1.00 bits per heavy atom. The Kier molecular flexibility index (Phi) is 3.08. The smallest absolute Gasteiger partial charge is 0.0672 e. The molecule has 0 aromatic heterocycles. The highest BCUT2D eigenvalue weighted by molar-refractivity contribution is 6.44. The quantitative estimate of drug-likeness (QED) is 0.740. The molecule has 2 aromatic carbocycles. The second kappa shape index (κ2) is 4.36. The van der Waals surface area contributed by atoms with E-state index in [0.717, 1.165) is 16.7 Å². The summed E-state index contributed by atoms with van der Waals surface area (Å²) in [6, 6.07) is 11.5. The number of halogens is 2. The SMILES string of the molecule is Cc1ccccc1-c1cc(N)cc(Cl)c1Cl. The lowest BCUT2D eigenvalue weighted by Gasteiger charge is -2.10. The molecule has 16 heavy (non-hydrogen) atoms. The Morgan fingerprint density at radius 2 is 1.69 bits per heavy atom. The molecule has 0 atom stereocenters. The van der Waals surface area contributed by atoms with Crippen molar-refractivity contribution >= 4 is 28.9 Å². The predicted molar refractivity (Wildman–Crippen MR) is 71.0 cm³/mol. The largest absolute Gasteiger partial charge is 0.399 e. The minimum Gasteiger partial charge on any atom is -0.399 e. The fraction of sp³-hybridized carbons (Fsp3) is 0.0769. The molecule has 2 rings (SSSR count). The highest BCUT2D eigenvalue weighted by atomic mass is 35.5. The molecule has 0 bridgehead atoms. The van der Waals surface area contributed by atoms with E-state index in [9.17, 15) is 0 Å². The molecule has 1 nitrogen and oxygen atoms in total. The summed E-state index contributed by atoms with van der Waals surface area (Å²) in [5, 5.41) is 1.03. The van der Waals surface area contributed by atoms with Gasteiger partial charge in [0.2, 0.25) is 0 Å². The summed E-state index contributed by atoms with van der Waals surface area (Å²) >= 11 is 12.2. The molecule has 82 valence electrons. The van der Waals surface area contributed by atoms with E-state index in [-0.39, 0.29) is 0 Å². The van der Waals surface area contributed by atoms with Crippen LogP contribution in [0.5, 0.6) is 0 Å². The molecular formula is C13H11Cl2N. The maximum atomic E-state index is 6.18. The normalized spacial score (nSPS) is 10.4. The van der Waals surface area contributed by atoms with Gasteiger partial charge in [-0.15, -0.1) is 0 Å². The van der Waals surface area contributed by atoms with Gasteiger partial charge in [-0.25, -0.2) is 0 Å². The van der Waals surface area contributed by atoms with Gasteiger partial charge in [0.15, 0.2) is 0 Å². The third-order valence-electron chi connectivity index (χ3n) is 2.49. The molecule has 0 saturated carbocycles. The van der Waals surface area contributed by atoms with Gasteiger partial charge >= 0.3 is 0 Å². The molecular weight excluding hydrogens is 241 g/mol. The lowest BCUT2D eigenvalue weighted by molar-refractivity contribution is 1.46. The van der Waals surface area contributed by atoms with Crippen LogP contribution in [-0.4, -0.2) is 0 Å². The van der Waals surface area contributed by atoms with E-state index in [1.165, 1.54) is 0 Å². The summed E-state index contributed by atoms with van der Waals surface area (Å²) in [4.78, 5) is 0. The Bertz CT molecular complexity index is 535. The molecule has 0 aliphatic carbocycles. The number of hydrogen-bond acceptors (Lipinski definition) is 1. The molecule has 0 saturated heterocycles. The zero-order valence-corrected chi connectivity index (χ0v) is 10.3. The monoisotopic (exact) mass is 251 g/mol. The topological polar surface area (TPSA) is 26.0 Å². The molecule has 0 heterocycles. The zero-order chi connectivity index (χ0) is 11.7. The van der Waals surface area contributed by atoms with E-state index in [2.05, 4.69) is 0 Å². The van der Waals surface area contributed by atoms with E-state index < -0.39 is 0 Å². The summed E-state index contributed by atoms with van der Waals surface area (Å²) in [6.07, 6.45) is 0. The summed E-state index contributed by atoms with van der Waals surface area (Å²) < 4.78 is 0. The van der Waals surface area contributed by atoms with Crippen molar-refractivity contribution in [2.24, 2.45) is 0 Å². The summed E-state index contributed by atoms with van der Waals surface area (Å²) in [7, 11) is 0. The lowest BCUT2D eigenvalue weighted by Crippen LogP contribution is -1.89. The van der Waals surface area contributed by atoms with Crippen LogP contribution in [0.3, 0.4) is 0 Å². The predicted octanol–water partition coefficient (Wildman–Crippen LogP) is 4.55. The van der Waals surface area contributed by atoms with Crippen LogP contribution in [-0.2, 0) is 0 Å². The third kappa shape index (κ3) is 2.01. The summed E-state index contributed by atoms with van der Waals surface area (Å²) in [5.74, 6) is 0. The highest BCUT2D eigenvalue weighted by Gasteiger charge is 2.10. The lowest BCUT2D eigenvalue weighted by atomic mass is 10.0. The van der Waals surface area contributed by atoms with Crippen LogP contribution in [0.4, 0.5) is 5.69 Å². The first-order valence-corrected chi connectivity index (χ1v) is 5.65. The average molecular weight is 252 g/mol. The van der Waals surface area contributed by atoms with Crippen LogP contribution in [0.2, 0.25) is 10.0 Å². The molecule has 0 fully saturated rings. The number of rotatable bonds is 1. The average Bonchev–Trinajstić information content (AvgIpc) is 2.24. The van der Waals surface area contributed by atoms with Crippen molar-refractivity contribution in [1.82, 2.24) is 0 Å². The number of hydrogen-bond donors (Lipinski definition) is 1. The van der Waals surface area contributed by atoms with Crippen molar-refractivity contribution in [3.8, 4) is 11.1 Å². The Balaban J connectivity index is 2.69. The number of nitrogens with two attached hydrogens (primary N) is 1. The standard InChI is InChI=1S/C13H11Cl2N/c1-8-4-2-3-5-10(8)11-6-9(16)7-12(14)13(11)15/h2-7H,16H2,1H3. The van der Waals surface area contributed by atoms with Gasteiger partial charge in [-0.1, -0.05) is 47.5 Å². The first-order valence-electron chi connectivity index (χ1n) is 4.90. The van der Waals surface area contributed by atoms with E-state index in [0.29, 0.717) is 15.7 Å². The van der Waals surface area contributed by atoms with Gasteiger partial charge in [-0.2, -0.15) is 0 Å². The van der Waals surface area contributed by atoms with Crippen LogP contribution < -0.4 is 5.73 Å². The van der Waals surface area contributed by atoms with Crippen LogP contribution in [0.15, 0.2) is 36.4 Å². The number of anilines is 1. The second-order valence-electron chi connectivity index (χ2n) is 3.68. The summed E-state index contributed by atoms with van der Waals surface area (Å²) in [5.41, 5.74) is 9.47. The van der Waals surface area contributed by atoms with Crippen LogP contribution in [0.1, 0.15) is 5.56 Å². The van der Waals surface area contributed by atoms with Gasteiger partial charge in [0, 0.05) is 11.3 Å². The molecule has 0 amide bonds. The van der Waals surface area contributed by atoms with E-state index in [4.69, 9.17) is 28.9 Å². The Hall–Kier alpha value is -1.18. The molecule has 0 spiro atoms. The van der Waals surface area contributed by atoms with Crippen molar-refractivity contribution in [3.63, 3.8) is 0 Å². The highest BCUT2D eigenvalue weighted by Crippen LogP contribution is 2.36. The maximum Gasteiger partial charge on any atom is 0.0672 e. The second-order valence-corrected chi connectivity index (χ2v) is 4.46. The third-order valence-corrected chi connectivity index (χ3v) is 3.29. The summed E-state index contributed by atoms with van der Waals surface area (Å²) in [6.45, 7) is 2.03. The molecule has 0 unspecified atom stereocenters. The molecule has 0 radical (unpaired) electrons. The first kappa shape index (κ1) is 11.3. The molecule has 0 aliphatic heterocycles. The van der Waals surface area contributed by atoms with Gasteiger partial charge in [-0.05, 0) is 30.2 Å². The van der Waals surface area contributed by atoms with Gasteiger partial charge < -0.3 is 5.73 Å². The molecule has 3 heteroatoms.